The van der Waals surface area contributed by atoms with Crippen molar-refractivity contribution in [1.82, 2.24) is 4.98 Å². The highest BCUT2D eigenvalue weighted by atomic mass is 128. The van der Waals surface area contributed by atoms with Crippen molar-refractivity contribution in [3.8, 4) is 0 Å². The molecule has 2 nitrogen and oxygen atoms in total. The minimum atomic E-state index is 0.889. The molecule has 1 heterocycles. The van der Waals surface area contributed by atoms with Crippen LogP contribution in [0.5, 0.6) is 0 Å². The van der Waals surface area contributed by atoms with Gasteiger partial charge in [-0.2, -0.15) is 0 Å². The summed E-state index contributed by atoms with van der Waals surface area (Å²) in [4.78, 5) is 4.16. The van der Waals surface area contributed by atoms with Crippen LogP contribution >= 0.6 is 46.6 Å². The molecule has 0 bridgehead atoms. The monoisotopic (exact) mass is 394 g/mol. The van der Waals surface area contributed by atoms with E-state index in [1.807, 2.05) is 25.1 Å². The van der Waals surface area contributed by atoms with Gasteiger partial charge >= 0.3 is 0 Å². The largest absolute Gasteiger partial charge is 0.355 e. The van der Waals surface area contributed by atoms with Gasteiger partial charge in [-0.3, -0.25) is 0 Å². The number of rotatable bonds is 1. The topological polar surface area (TPSA) is 24.9 Å². The van der Waals surface area contributed by atoms with Crippen LogP contribution in [0.3, 0.4) is 0 Å². The Morgan fingerprint density at radius 3 is 2.45 bits per heavy atom. The summed E-state index contributed by atoms with van der Waals surface area (Å²) in [6.45, 7) is 1.96. The summed E-state index contributed by atoms with van der Waals surface area (Å²) in [6.07, 6.45) is 0. The number of nitrogens with one attached hydrogen (secondary N) is 1. The Balaban J connectivity index is 0.000000461. The zero-order chi connectivity index (χ0) is 8.69. The lowest BCUT2D eigenvalue weighted by Crippen LogP contribution is -1.85. The van der Waals surface area contributed by atoms with Crippen LogP contribution in [-0.4, -0.2) is 4.98 Å². The van der Waals surface area contributed by atoms with Crippen LogP contribution in [0.1, 0.15) is 5.69 Å². The van der Waals surface area contributed by atoms with Crippen molar-refractivity contribution in [3.63, 3.8) is 0 Å². The number of hydrogen-bond acceptors (Lipinski definition) is 2. The summed E-state index contributed by atoms with van der Waals surface area (Å²) in [5.41, 5.74) is 1.03. The van der Waals surface area contributed by atoms with Gasteiger partial charge in [0.15, 0.2) is 0 Å². The molecule has 62 valence electrons. The van der Waals surface area contributed by atoms with Gasteiger partial charge in [0.2, 0.25) is 0 Å². The molecule has 0 aliphatic carbocycles. The number of halogens is 2. The lowest BCUT2D eigenvalue weighted by Gasteiger charge is -1.96. The molecule has 11 heavy (non-hydrogen) atoms. The van der Waals surface area contributed by atoms with Gasteiger partial charge in [0, 0.05) is 42.9 Å². The fourth-order valence-electron chi connectivity index (χ4n) is 0.623. The first-order valence-electron chi connectivity index (χ1n) is 2.87. The van der Waals surface area contributed by atoms with Crippen LogP contribution in [0.25, 0.3) is 0 Å². The van der Waals surface area contributed by atoms with Gasteiger partial charge in [-0.1, -0.05) is 6.07 Å². The Labute approximate surface area is 92.5 Å². The van der Waals surface area contributed by atoms with Crippen LogP contribution in [0.15, 0.2) is 18.2 Å². The van der Waals surface area contributed by atoms with E-state index in [4.69, 9.17) is 0 Å². The number of nitrogens with zero attached hydrogens (tertiary/aromatic N) is 1. The molecule has 1 unspecified atom stereocenters. The number of anilines is 1. The molecule has 0 fully saturated rings. The summed E-state index contributed by atoms with van der Waals surface area (Å²) >= 11 is 4.24. The first-order valence-corrected chi connectivity index (χ1v) is 9.74. The molecule has 5 heteroatoms. The second kappa shape index (κ2) is 7.49. The van der Waals surface area contributed by atoms with Gasteiger partial charge in [0.05, 0.1) is 0 Å². The maximum atomic E-state index is 4.16. The van der Waals surface area contributed by atoms with Crippen LogP contribution in [0.2, 0.25) is 0 Å². The molecule has 1 aromatic heterocycles. The summed E-state index contributed by atoms with van der Waals surface area (Å²) in [5, 5.41) is 2.87. The maximum Gasteiger partial charge on any atom is 0.129 e. The van der Waals surface area contributed by atoms with Gasteiger partial charge in [-0.15, -0.1) is 0 Å². The normalized spacial score (nSPS) is 8.00. The minimum absolute atomic E-state index is 0.889. The van der Waals surface area contributed by atoms with Crippen LogP contribution in [0, 0.1) is 6.92 Å². The van der Waals surface area contributed by atoms with Crippen LogP contribution < -0.4 is 5.09 Å². The zero-order valence-electron chi connectivity index (χ0n) is 6.01. The first-order chi connectivity index (χ1) is 5.33. The molecule has 0 saturated carbocycles. The summed E-state index contributed by atoms with van der Waals surface area (Å²) in [5.74, 6) is 0.889. The number of pyridine rings is 1. The molecule has 1 atom stereocenters. The van der Waals surface area contributed by atoms with Gasteiger partial charge < -0.3 is 5.09 Å². The van der Waals surface area contributed by atoms with Crippen molar-refractivity contribution in [2.75, 3.05) is 5.09 Å². The highest BCUT2D eigenvalue weighted by molar-refractivity contribution is 15.0. The molecule has 0 saturated heterocycles. The van der Waals surface area contributed by atoms with Crippen LogP contribution in [0.4, 0.5) is 5.82 Å². The highest BCUT2D eigenvalue weighted by Gasteiger charge is 1.86. The van der Waals surface area contributed by atoms with E-state index in [1.54, 1.807) is 0 Å². The van der Waals surface area contributed by atoms with E-state index in [-0.39, 0.29) is 0 Å². The van der Waals surface area contributed by atoms with E-state index in [9.17, 15) is 0 Å². The highest BCUT2D eigenvalue weighted by Crippen LogP contribution is 2.04. The van der Waals surface area contributed by atoms with Gasteiger partial charge in [-0.05, 0) is 28.4 Å². The van der Waals surface area contributed by atoms with Crippen molar-refractivity contribution in [1.29, 1.82) is 0 Å². The number of aromatic nitrogens is 1. The smallest absolute Gasteiger partial charge is 0.129 e. The molecule has 0 aliphatic rings. The van der Waals surface area contributed by atoms with E-state index < -0.39 is 0 Å². The van der Waals surface area contributed by atoms with Gasteiger partial charge in [0.25, 0.3) is 0 Å². The lowest BCUT2D eigenvalue weighted by molar-refractivity contribution is 1.21. The first kappa shape index (κ1) is 11.8. The van der Waals surface area contributed by atoms with E-state index in [2.05, 4.69) is 56.7 Å². The molecule has 0 radical (unpaired) electrons. The Kier molecular flexibility index (Phi) is 8.06. The van der Waals surface area contributed by atoms with Crippen molar-refractivity contribution >= 4 is 52.4 Å². The lowest BCUT2D eigenvalue weighted by atomic mass is 10.4. The zero-order valence-corrected chi connectivity index (χ0v) is 11.5. The molecule has 0 spiro atoms. The molecule has 0 aliphatic heterocycles. The number of hydrogen-bond donors (Lipinski definition) is 1. The Morgan fingerprint density at radius 2 is 2.09 bits per heavy atom. The summed E-state index contributed by atoms with van der Waals surface area (Å²) < 4.78 is 0. The molecular weight excluding hydrogens is 385 g/mol. The van der Waals surface area contributed by atoms with Crippen molar-refractivity contribution < 1.29 is 0 Å². The third-order valence-corrected chi connectivity index (χ3v) is 1.33. The SMILES string of the molecule is Cc1cccc(NP)n1.II. The third-order valence-electron chi connectivity index (χ3n) is 1.04. The Hall–Kier alpha value is 0.840. The molecule has 1 aromatic rings. The standard InChI is InChI=1S/C6H9N2P.I2/c1-5-3-2-4-6(7-5)8-9;1-2/h2-4H,9H2,1H3,(H,7,8);. The van der Waals surface area contributed by atoms with E-state index >= 15 is 0 Å². The second-order valence-electron chi connectivity index (χ2n) is 1.81. The number of aryl methyl sites for hydroxylation is 1. The molecular formula is C6H9I2N2P. The van der Waals surface area contributed by atoms with E-state index in [0.717, 1.165) is 11.5 Å². The molecule has 1 rings (SSSR count). The quantitative estimate of drug-likeness (QED) is 0.584. The second-order valence-corrected chi connectivity index (χ2v) is 2.10. The van der Waals surface area contributed by atoms with Crippen molar-refractivity contribution in [3.05, 3.63) is 23.9 Å². The fraction of sp³-hybridized carbons (Fsp3) is 0.167. The fourth-order valence-corrected chi connectivity index (χ4v) is 0.784. The molecule has 0 aromatic carbocycles. The Bertz CT molecular complexity index is 208. The van der Waals surface area contributed by atoms with Crippen molar-refractivity contribution in [2.24, 2.45) is 0 Å². The predicted molar refractivity (Wildman–Crippen MR) is 70.3 cm³/mol. The maximum absolute atomic E-state index is 4.16. The van der Waals surface area contributed by atoms with E-state index in [1.165, 1.54) is 0 Å². The van der Waals surface area contributed by atoms with Gasteiger partial charge in [-0.25, -0.2) is 4.98 Å². The minimum Gasteiger partial charge on any atom is -0.355 e. The van der Waals surface area contributed by atoms with Gasteiger partial charge in [0.1, 0.15) is 5.82 Å². The Morgan fingerprint density at radius 1 is 1.45 bits per heavy atom. The molecule has 0 amide bonds. The van der Waals surface area contributed by atoms with E-state index in [0.29, 0.717) is 0 Å². The van der Waals surface area contributed by atoms with Crippen molar-refractivity contribution in [2.45, 2.75) is 6.92 Å². The predicted octanol–water partition coefficient (Wildman–Crippen LogP) is 3.36. The average Bonchev–Trinajstić information content (AvgIpc) is 2.08. The summed E-state index contributed by atoms with van der Waals surface area (Å²) in [7, 11) is 2.40. The third kappa shape index (κ3) is 5.14. The van der Waals surface area contributed by atoms with Crippen LogP contribution in [-0.2, 0) is 0 Å². The summed E-state index contributed by atoms with van der Waals surface area (Å²) in [6, 6.07) is 5.85. The molecule has 1 N–H and O–H groups in total. The average molecular weight is 394 g/mol.